The average Bonchev–Trinajstić information content (AvgIpc) is 3.31. The van der Waals surface area contributed by atoms with Crippen molar-refractivity contribution in [3.63, 3.8) is 0 Å². The van der Waals surface area contributed by atoms with Crippen LogP contribution >= 0.6 is 0 Å². The molecule has 2 aliphatic rings. The molecule has 1 aromatic carbocycles. The number of hydrogen-bond donors (Lipinski definition) is 6. The number of ether oxygens (including phenoxy) is 1. The van der Waals surface area contributed by atoms with E-state index >= 15 is 0 Å². The molecular formula is C22H28F3N7O2. The average molecular weight is 480 g/mol. The molecule has 0 aromatic heterocycles. The van der Waals surface area contributed by atoms with Crippen LogP contribution in [0.5, 0.6) is 0 Å². The molecule has 0 spiro atoms. The first-order chi connectivity index (χ1) is 16.2. The molecule has 3 rings (SSSR count). The lowest BCUT2D eigenvalue weighted by molar-refractivity contribution is 0.151. The first-order valence-electron chi connectivity index (χ1n) is 10.7. The van der Waals surface area contributed by atoms with Crippen LogP contribution in [0, 0.1) is 16.6 Å². The molecule has 1 aromatic rings. The molecule has 34 heavy (non-hydrogen) atoms. The summed E-state index contributed by atoms with van der Waals surface area (Å²) >= 11 is 0. The Morgan fingerprint density at radius 1 is 1.38 bits per heavy atom. The number of halogens is 3. The van der Waals surface area contributed by atoms with Crippen LogP contribution in [0.2, 0.25) is 0 Å². The minimum absolute atomic E-state index is 0.0152. The molecule has 1 fully saturated rings. The molecule has 0 aliphatic carbocycles. The lowest BCUT2D eigenvalue weighted by Gasteiger charge is -2.32. The van der Waals surface area contributed by atoms with Crippen LogP contribution in [-0.4, -0.2) is 62.4 Å². The second-order valence-corrected chi connectivity index (χ2v) is 7.92. The van der Waals surface area contributed by atoms with E-state index in [1.54, 1.807) is 0 Å². The largest absolute Gasteiger partial charge is 0.393 e. The van der Waals surface area contributed by atoms with E-state index in [-0.39, 0.29) is 35.2 Å². The Kier molecular flexibility index (Phi) is 8.16. The number of urea groups is 1. The number of amides is 2. The molecular weight excluding hydrogens is 451 g/mol. The van der Waals surface area contributed by atoms with E-state index in [0.29, 0.717) is 37.4 Å². The standard InChI is InChI=1S/C22H28F3N7O2/c1-29-9-12(8-26)14-6-17(23)19(7-15(14)20(24)25)31-21(27)16-10-32(22(28)33)4-2-18(16)30-13-3-5-34-11-13/h6-9,13,20,26,29-30H,2-5,10-11H2,1H3,(H2,27,31)(H2,28,33)/b12-9+,26-8?/t13-/m0/s1. The molecule has 0 radical (unpaired) electrons. The molecule has 0 unspecified atom stereocenters. The van der Waals surface area contributed by atoms with Gasteiger partial charge in [-0.3, -0.25) is 5.41 Å². The van der Waals surface area contributed by atoms with Crippen molar-refractivity contribution >= 4 is 29.3 Å². The van der Waals surface area contributed by atoms with Crippen LogP contribution in [0.1, 0.15) is 30.4 Å². The van der Waals surface area contributed by atoms with E-state index in [2.05, 4.69) is 16.0 Å². The lowest BCUT2D eigenvalue weighted by atomic mass is 9.99. The van der Waals surface area contributed by atoms with E-state index in [1.165, 1.54) is 18.1 Å². The normalized spacial score (nSPS) is 18.8. The van der Waals surface area contributed by atoms with Crippen molar-refractivity contribution in [3.8, 4) is 0 Å². The molecule has 7 N–H and O–H groups in total. The van der Waals surface area contributed by atoms with Gasteiger partial charge in [0, 0.05) is 61.4 Å². The number of hydrogen-bond acceptors (Lipinski definition) is 6. The molecule has 0 bridgehead atoms. The number of nitrogens with zero attached hydrogens (tertiary/aromatic N) is 1. The Morgan fingerprint density at radius 3 is 2.74 bits per heavy atom. The van der Waals surface area contributed by atoms with E-state index in [0.717, 1.165) is 24.8 Å². The molecule has 9 nitrogen and oxygen atoms in total. The zero-order valence-electron chi connectivity index (χ0n) is 18.7. The second-order valence-electron chi connectivity index (χ2n) is 7.92. The highest BCUT2D eigenvalue weighted by molar-refractivity contribution is 6.10. The Labute approximate surface area is 195 Å². The predicted octanol–water partition coefficient (Wildman–Crippen LogP) is 2.78. The highest BCUT2D eigenvalue weighted by Gasteiger charge is 2.27. The molecule has 1 saturated heterocycles. The Balaban J connectivity index is 1.94. The van der Waals surface area contributed by atoms with Crippen LogP contribution in [0.25, 0.3) is 5.57 Å². The minimum atomic E-state index is -2.94. The topological polar surface area (TPSA) is 139 Å². The van der Waals surface area contributed by atoms with Crippen LogP contribution in [0.4, 0.5) is 23.7 Å². The zero-order chi connectivity index (χ0) is 24.8. The number of carbonyl (C=O) groups is 1. The third-order valence-corrected chi connectivity index (χ3v) is 5.67. The number of anilines is 1. The number of nitrogens with two attached hydrogens (primary N) is 1. The van der Waals surface area contributed by atoms with E-state index in [1.807, 2.05) is 0 Å². The number of primary amides is 1. The second kappa shape index (κ2) is 11.1. The quantitative estimate of drug-likeness (QED) is 0.251. The van der Waals surface area contributed by atoms with Gasteiger partial charge in [0.05, 0.1) is 24.9 Å². The smallest absolute Gasteiger partial charge is 0.315 e. The van der Waals surface area contributed by atoms with Gasteiger partial charge in [-0.05, 0) is 24.1 Å². The summed E-state index contributed by atoms with van der Waals surface area (Å²) in [4.78, 5) is 13.1. The van der Waals surface area contributed by atoms with Crippen LogP contribution in [0.3, 0.4) is 0 Å². The number of benzene rings is 1. The summed E-state index contributed by atoms with van der Waals surface area (Å²) in [6, 6.07) is 1.23. The third-order valence-electron chi connectivity index (χ3n) is 5.67. The molecule has 2 amide bonds. The maximum absolute atomic E-state index is 14.9. The van der Waals surface area contributed by atoms with Gasteiger partial charge in [-0.2, -0.15) is 0 Å². The fourth-order valence-corrected chi connectivity index (χ4v) is 3.91. The summed E-state index contributed by atoms with van der Waals surface area (Å²) in [5.74, 6) is -1.10. The number of carbonyl (C=O) groups excluding carboxylic acids is 1. The SMILES string of the molecule is CN/C=C(\C=N)c1cc(F)c(NC(=N)C2=C(N[C@H]3CCOC3)CCN(C(N)=O)C2)cc1C(F)F. The van der Waals surface area contributed by atoms with Crippen molar-refractivity contribution in [2.75, 3.05) is 38.7 Å². The molecule has 12 heteroatoms. The Morgan fingerprint density at radius 2 is 2.15 bits per heavy atom. The number of rotatable bonds is 8. The first kappa shape index (κ1) is 25.1. The van der Waals surface area contributed by atoms with Gasteiger partial charge in [-0.1, -0.05) is 0 Å². The zero-order valence-corrected chi connectivity index (χ0v) is 18.7. The predicted molar refractivity (Wildman–Crippen MR) is 124 cm³/mol. The number of allylic oxidation sites excluding steroid dienone is 1. The van der Waals surface area contributed by atoms with Crippen molar-refractivity contribution in [1.82, 2.24) is 15.5 Å². The number of amidine groups is 1. The fourth-order valence-electron chi connectivity index (χ4n) is 3.91. The van der Waals surface area contributed by atoms with Crippen molar-refractivity contribution in [3.05, 3.63) is 46.5 Å². The van der Waals surface area contributed by atoms with Crippen LogP contribution in [0.15, 0.2) is 29.6 Å². The fraction of sp³-hybridized carbons (Fsp3) is 0.409. The molecule has 184 valence electrons. The molecule has 2 aliphatic heterocycles. The number of alkyl halides is 2. The van der Waals surface area contributed by atoms with Gasteiger partial charge >= 0.3 is 6.03 Å². The van der Waals surface area contributed by atoms with Gasteiger partial charge in [-0.25, -0.2) is 18.0 Å². The van der Waals surface area contributed by atoms with Crippen molar-refractivity contribution < 1.29 is 22.7 Å². The van der Waals surface area contributed by atoms with Gasteiger partial charge in [-0.15, -0.1) is 0 Å². The van der Waals surface area contributed by atoms with Gasteiger partial charge < -0.3 is 36.7 Å². The lowest BCUT2D eigenvalue weighted by Crippen LogP contribution is -2.45. The van der Waals surface area contributed by atoms with E-state index in [4.69, 9.17) is 21.3 Å². The summed E-state index contributed by atoms with van der Waals surface area (Å²) in [6.07, 6.45) is 0.408. The van der Waals surface area contributed by atoms with Crippen LogP contribution in [-0.2, 0) is 4.74 Å². The van der Waals surface area contributed by atoms with Gasteiger partial charge in [0.15, 0.2) is 0 Å². The summed E-state index contributed by atoms with van der Waals surface area (Å²) in [7, 11) is 1.54. The third kappa shape index (κ3) is 5.68. The van der Waals surface area contributed by atoms with Gasteiger partial charge in [0.25, 0.3) is 6.43 Å². The van der Waals surface area contributed by atoms with Gasteiger partial charge in [0.2, 0.25) is 0 Å². The number of nitrogens with one attached hydrogen (secondary N) is 5. The summed E-state index contributed by atoms with van der Waals surface area (Å²) in [6.45, 7) is 1.48. The van der Waals surface area contributed by atoms with Crippen molar-refractivity contribution in [2.45, 2.75) is 25.3 Å². The van der Waals surface area contributed by atoms with Crippen LogP contribution < -0.4 is 21.7 Å². The Hall–Kier alpha value is -3.54. The van der Waals surface area contributed by atoms with Crippen molar-refractivity contribution in [2.24, 2.45) is 5.73 Å². The first-order valence-corrected chi connectivity index (χ1v) is 10.7. The molecule has 0 saturated carbocycles. The summed E-state index contributed by atoms with van der Waals surface area (Å²) in [5, 5.41) is 24.6. The highest BCUT2D eigenvalue weighted by Crippen LogP contribution is 2.32. The Bertz CT molecular complexity index is 1020. The highest BCUT2D eigenvalue weighted by atomic mass is 19.3. The summed E-state index contributed by atoms with van der Waals surface area (Å²) < 4.78 is 47.9. The molecule has 2 heterocycles. The molecule has 1 atom stereocenters. The van der Waals surface area contributed by atoms with E-state index in [9.17, 15) is 18.0 Å². The summed E-state index contributed by atoms with van der Waals surface area (Å²) in [5.41, 5.74) is 5.64. The van der Waals surface area contributed by atoms with E-state index < -0.39 is 23.8 Å². The maximum atomic E-state index is 14.9. The van der Waals surface area contributed by atoms with Crippen molar-refractivity contribution in [1.29, 1.82) is 10.8 Å². The minimum Gasteiger partial charge on any atom is -0.393 e. The maximum Gasteiger partial charge on any atom is 0.315 e. The van der Waals surface area contributed by atoms with Gasteiger partial charge in [0.1, 0.15) is 11.7 Å². The monoisotopic (exact) mass is 479 g/mol.